The summed E-state index contributed by atoms with van der Waals surface area (Å²) in [6.07, 6.45) is 1.19. The molecule has 20 heavy (non-hydrogen) atoms. The lowest BCUT2D eigenvalue weighted by Crippen LogP contribution is -2.22. The van der Waals surface area contributed by atoms with Crippen molar-refractivity contribution in [1.29, 1.82) is 5.26 Å². The van der Waals surface area contributed by atoms with Gasteiger partial charge < -0.3 is 10.1 Å². The Balaban J connectivity index is 2.17. The van der Waals surface area contributed by atoms with E-state index < -0.39 is 10.0 Å². The molecule has 110 valence electrons. The van der Waals surface area contributed by atoms with Gasteiger partial charge in [-0.05, 0) is 24.9 Å². The molecule has 1 aromatic heterocycles. The third-order valence-corrected chi connectivity index (χ3v) is 5.67. The van der Waals surface area contributed by atoms with Gasteiger partial charge in [-0.2, -0.15) is 5.26 Å². The van der Waals surface area contributed by atoms with Crippen molar-refractivity contribution in [3.8, 4) is 6.07 Å². The Bertz CT molecular complexity index is 617. The maximum absolute atomic E-state index is 12.0. The Hall–Kier alpha value is -1.14. The van der Waals surface area contributed by atoms with Gasteiger partial charge in [0, 0.05) is 25.1 Å². The van der Waals surface area contributed by atoms with Gasteiger partial charge in [-0.15, -0.1) is 11.3 Å². The van der Waals surface area contributed by atoms with Crippen molar-refractivity contribution in [3.63, 3.8) is 0 Å². The highest BCUT2D eigenvalue weighted by Crippen LogP contribution is 2.35. The van der Waals surface area contributed by atoms with Gasteiger partial charge in [-0.3, -0.25) is 4.72 Å². The molecule has 6 nitrogen and oxygen atoms in total. The highest BCUT2D eigenvalue weighted by Gasteiger charge is 2.23. The maximum Gasteiger partial charge on any atom is 0.233 e. The molecule has 1 aliphatic heterocycles. The second-order valence-electron chi connectivity index (χ2n) is 4.51. The van der Waals surface area contributed by atoms with Crippen LogP contribution in [0.15, 0.2) is 0 Å². The molecule has 1 aromatic rings. The van der Waals surface area contributed by atoms with Gasteiger partial charge in [-0.25, -0.2) is 8.42 Å². The van der Waals surface area contributed by atoms with Gasteiger partial charge in [0.15, 0.2) is 0 Å². The van der Waals surface area contributed by atoms with Crippen molar-refractivity contribution in [2.45, 2.75) is 19.4 Å². The first-order valence-corrected chi connectivity index (χ1v) is 8.79. The quantitative estimate of drug-likeness (QED) is 0.766. The molecular weight excluding hydrogens is 298 g/mol. The van der Waals surface area contributed by atoms with Gasteiger partial charge in [-0.1, -0.05) is 0 Å². The highest BCUT2D eigenvalue weighted by molar-refractivity contribution is 7.92. The van der Waals surface area contributed by atoms with E-state index in [9.17, 15) is 13.7 Å². The van der Waals surface area contributed by atoms with Crippen molar-refractivity contribution in [3.05, 3.63) is 16.0 Å². The summed E-state index contributed by atoms with van der Waals surface area (Å²) in [5, 5.41) is 12.9. The minimum Gasteiger partial charge on any atom is -0.385 e. The summed E-state index contributed by atoms with van der Waals surface area (Å²) in [4.78, 5) is 1.04. The molecule has 0 saturated carbocycles. The Morgan fingerprint density at radius 1 is 1.55 bits per heavy atom. The zero-order chi connectivity index (χ0) is 14.6. The van der Waals surface area contributed by atoms with Crippen molar-refractivity contribution >= 4 is 26.4 Å². The summed E-state index contributed by atoms with van der Waals surface area (Å²) in [6, 6.07) is 2.12. The first-order valence-electron chi connectivity index (χ1n) is 6.32. The summed E-state index contributed by atoms with van der Waals surface area (Å²) < 4.78 is 31.3. The summed E-state index contributed by atoms with van der Waals surface area (Å²) >= 11 is 1.35. The second kappa shape index (κ2) is 6.54. The molecule has 1 aliphatic rings. The van der Waals surface area contributed by atoms with E-state index in [1.807, 2.05) is 0 Å². The average molecular weight is 315 g/mol. The predicted molar refractivity (Wildman–Crippen MR) is 78.3 cm³/mol. The summed E-state index contributed by atoms with van der Waals surface area (Å²) in [7, 11) is -1.89. The third kappa shape index (κ3) is 3.49. The molecule has 8 heteroatoms. The monoisotopic (exact) mass is 315 g/mol. The smallest absolute Gasteiger partial charge is 0.233 e. The van der Waals surface area contributed by atoms with Gasteiger partial charge in [0.2, 0.25) is 10.0 Å². The van der Waals surface area contributed by atoms with Crippen LogP contribution < -0.4 is 10.0 Å². The molecule has 0 radical (unpaired) electrons. The van der Waals surface area contributed by atoms with Crippen LogP contribution in [0.25, 0.3) is 0 Å². The molecule has 0 saturated heterocycles. The van der Waals surface area contributed by atoms with Gasteiger partial charge in [0.05, 0.1) is 11.3 Å². The van der Waals surface area contributed by atoms with E-state index in [0.717, 1.165) is 23.4 Å². The average Bonchev–Trinajstić information content (AvgIpc) is 2.75. The Morgan fingerprint density at radius 3 is 3.05 bits per heavy atom. The van der Waals surface area contributed by atoms with E-state index in [-0.39, 0.29) is 5.75 Å². The van der Waals surface area contributed by atoms with Gasteiger partial charge in [0.1, 0.15) is 11.1 Å². The molecule has 0 amide bonds. The van der Waals surface area contributed by atoms with E-state index in [0.29, 0.717) is 30.1 Å². The van der Waals surface area contributed by atoms with E-state index in [4.69, 9.17) is 4.74 Å². The molecule has 0 unspecified atom stereocenters. The van der Waals surface area contributed by atoms with Crippen LogP contribution in [0.3, 0.4) is 0 Å². The SMILES string of the molecule is COCCCS(=O)(=O)Nc1sc2c(c1C#N)CCNC2. The van der Waals surface area contributed by atoms with Crippen LogP contribution >= 0.6 is 11.3 Å². The summed E-state index contributed by atoms with van der Waals surface area (Å²) in [5.41, 5.74) is 1.45. The number of thiophene rings is 1. The minimum absolute atomic E-state index is 0.00742. The number of anilines is 1. The van der Waals surface area contributed by atoms with Crippen molar-refractivity contribution in [2.24, 2.45) is 0 Å². The molecule has 0 fully saturated rings. The van der Waals surface area contributed by atoms with Crippen LogP contribution in [0.1, 0.15) is 22.4 Å². The number of hydrogen-bond acceptors (Lipinski definition) is 6. The molecule has 0 spiro atoms. The number of nitrogens with one attached hydrogen (secondary N) is 2. The van der Waals surface area contributed by atoms with Crippen LogP contribution in [0.5, 0.6) is 0 Å². The molecule has 2 N–H and O–H groups in total. The molecule has 0 atom stereocenters. The lowest BCUT2D eigenvalue weighted by atomic mass is 10.1. The van der Waals surface area contributed by atoms with Crippen LogP contribution in [0.4, 0.5) is 5.00 Å². The molecule has 2 rings (SSSR count). The lowest BCUT2D eigenvalue weighted by Gasteiger charge is -2.11. The number of methoxy groups -OCH3 is 1. The van der Waals surface area contributed by atoms with E-state index in [2.05, 4.69) is 16.1 Å². The van der Waals surface area contributed by atoms with Crippen LogP contribution in [0.2, 0.25) is 0 Å². The largest absolute Gasteiger partial charge is 0.385 e. The fourth-order valence-electron chi connectivity index (χ4n) is 2.11. The summed E-state index contributed by atoms with van der Waals surface area (Å²) in [5.74, 6) is -0.00742. The topological polar surface area (TPSA) is 91.2 Å². The normalized spacial score (nSPS) is 14.6. The standard InChI is InChI=1S/C12H17N3O3S2/c1-18-5-2-6-20(16,17)15-12-10(7-13)9-3-4-14-8-11(9)19-12/h14-15H,2-6,8H2,1H3. The van der Waals surface area contributed by atoms with Crippen molar-refractivity contribution in [2.75, 3.05) is 30.7 Å². The molecule has 2 heterocycles. The fourth-order valence-corrected chi connectivity index (χ4v) is 4.66. The van der Waals surface area contributed by atoms with Crippen molar-refractivity contribution in [1.82, 2.24) is 5.32 Å². The Kier molecular flexibility index (Phi) is 4.99. The van der Waals surface area contributed by atoms with E-state index in [1.165, 1.54) is 18.4 Å². The number of rotatable bonds is 6. The second-order valence-corrected chi connectivity index (χ2v) is 7.46. The van der Waals surface area contributed by atoms with E-state index in [1.54, 1.807) is 0 Å². The molecule has 0 bridgehead atoms. The number of sulfonamides is 1. The molecular formula is C12H17N3O3S2. The number of nitrogens with zero attached hydrogens (tertiary/aromatic N) is 1. The fraction of sp³-hybridized carbons (Fsp3) is 0.583. The maximum atomic E-state index is 12.0. The van der Waals surface area contributed by atoms with Gasteiger partial charge in [0.25, 0.3) is 0 Å². The first-order chi connectivity index (χ1) is 9.57. The zero-order valence-electron chi connectivity index (χ0n) is 11.2. The predicted octanol–water partition coefficient (Wildman–Crippen LogP) is 1.04. The van der Waals surface area contributed by atoms with Crippen LogP contribution in [0, 0.1) is 11.3 Å². The highest BCUT2D eigenvalue weighted by atomic mass is 32.2. The van der Waals surface area contributed by atoms with Crippen LogP contribution in [-0.2, 0) is 27.7 Å². The minimum atomic E-state index is -3.43. The van der Waals surface area contributed by atoms with Gasteiger partial charge >= 0.3 is 0 Å². The number of ether oxygens (including phenoxy) is 1. The Morgan fingerprint density at radius 2 is 2.35 bits per heavy atom. The van der Waals surface area contributed by atoms with E-state index >= 15 is 0 Å². The van der Waals surface area contributed by atoms with Crippen molar-refractivity contribution < 1.29 is 13.2 Å². The third-order valence-electron chi connectivity index (χ3n) is 3.05. The number of nitriles is 1. The number of fused-ring (bicyclic) bond motifs is 1. The summed E-state index contributed by atoms with van der Waals surface area (Å²) in [6.45, 7) is 1.91. The van der Waals surface area contributed by atoms with Crippen LogP contribution in [-0.4, -0.2) is 34.4 Å². The lowest BCUT2D eigenvalue weighted by molar-refractivity contribution is 0.199. The molecule has 0 aliphatic carbocycles. The number of hydrogen-bond donors (Lipinski definition) is 2. The zero-order valence-corrected chi connectivity index (χ0v) is 12.9. The molecule has 0 aromatic carbocycles. The Labute approximate surface area is 122 Å². The first kappa shape index (κ1) is 15.3.